The first kappa shape index (κ1) is 13.6. The summed E-state index contributed by atoms with van der Waals surface area (Å²) >= 11 is 2.90. The van der Waals surface area contributed by atoms with Gasteiger partial charge in [0.25, 0.3) is 5.69 Å². The minimum Gasteiger partial charge on any atom is -0.496 e. The molecule has 1 heterocycles. The predicted molar refractivity (Wildman–Crippen MR) is 75.7 cm³/mol. The van der Waals surface area contributed by atoms with Gasteiger partial charge in [0.2, 0.25) is 0 Å². The van der Waals surface area contributed by atoms with Gasteiger partial charge in [0.05, 0.1) is 22.4 Å². The largest absolute Gasteiger partial charge is 0.496 e. The zero-order valence-corrected chi connectivity index (χ0v) is 11.7. The normalized spacial score (nSPS) is 10.4. The number of thiazole rings is 1. The number of aromatic nitrogens is 1. The van der Waals surface area contributed by atoms with E-state index in [-0.39, 0.29) is 5.69 Å². The van der Waals surface area contributed by atoms with Gasteiger partial charge in [-0.2, -0.15) is 0 Å². The highest BCUT2D eigenvalue weighted by Gasteiger charge is 2.12. The Hall–Kier alpha value is -1.80. The second-order valence-electron chi connectivity index (χ2n) is 3.56. The molecule has 0 aliphatic rings. The molecule has 19 heavy (non-hydrogen) atoms. The summed E-state index contributed by atoms with van der Waals surface area (Å²) in [5.41, 5.74) is 6.38. The van der Waals surface area contributed by atoms with E-state index in [1.807, 2.05) is 0 Å². The van der Waals surface area contributed by atoms with E-state index >= 15 is 0 Å². The molecule has 2 rings (SSSR count). The minimum absolute atomic E-state index is 0.0558. The molecule has 100 valence electrons. The monoisotopic (exact) mass is 297 g/mol. The standard InChI is InChI=1S/C11H11N3O3S2/c1-17-9-3-2-8(14(15)16)4-7(9)6-18-10-5-13-11(12)19-10/h2-5H,6H2,1H3,(H2,12,13). The molecule has 2 aromatic rings. The number of nitrogen functional groups attached to an aromatic ring is 1. The summed E-state index contributed by atoms with van der Waals surface area (Å²) in [6, 6.07) is 4.56. The van der Waals surface area contributed by atoms with Gasteiger partial charge >= 0.3 is 0 Å². The molecule has 0 unspecified atom stereocenters. The molecule has 0 radical (unpaired) electrons. The van der Waals surface area contributed by atoms with E-state index in [1.165, 1.54) is 35.2 Å². The quantitative estimate of drug-likeness (QED) is 0.518. The van der Waals surface area contributed by atoms with Crippen molar-refractivity contribution < 1.29 is 9.66 Å². The van der Waals surface area contributed by atoms with Crippen molar-refractivity contribution in [3.05, 3.63) is 40.1 Å². The highest BCUT2D eigenvalue weighted by Crippen LogP contribution is 2.33. The van der Waals surface area contributed by atoms with Crippen LogP contribution in [-0.2, 0) is 5.75 Å². The maximum Gasteiger partial charge on any atom is 0.270 e. The third kappa shape index (κ3) is 3.36. The number of nitrogens with two attached hydrogens (primary N) is 1. The number of benzene rings is 1. The molecular formula is C11H11N3O3S2. The molecule has 2 N–H and O–H groups in total. The highest BCUT2D eigenvalue weighted by atomic mass is 32.2. The molecule has 0 aliphatic carbocycles. The van der Waals surface area contributed by atoms with Crippen molar-refractivity contribution in [1.82, 2.24) is 4.98 Å². The van der Waals surface area contributed by atoms with Crippen molar-refractivity contribution in [3.63, 3.8) is 0 Å². The van der Waals surface area contributed by atoms with Gasteiger partial charge in [0.15, 0.2) is 5.13 Å². The molecule has 1 aromatic carbocycles. The number of hydrogen-bond acceptors (Lipinski definition) is 7. The van der Waals surface area contributed by atoms with Crippen LogP contribution in [-0.4, -0.2) is 17.0 Å². The molecular weight excluding hydrogens is 286 g/mol. The van der Waals surface area contributed by atoms with Gasteiger partial charge in [0.1, 0.15) is 5.75 Å². The van der Waals surface area contributed by atoms with Crippen LogP contribution in [0.5, 0.6) is 5.75 Å². The number of rotatable bonds is 5. The number of hydrogen-bond donors (Lipinski definition) is 1. The van der Waals surface area contributed by atoms with Gasteiger partial charge in [-0.05, 0) is 6.07 Å². The van der Waals surface area contributed by atoms with Crippen molar-refractivity contribution in [1.29, 1.82) is 0 Å². The van der Waals surface area contributed by atoms with Gasteiger partial charge < -0.3 is 10.5 Å². The lowest BCUT2D eigenvalue weighted by molar-refractivity contribution is -0.384. The molecule has 1 aromatic heterocycles. The van der Waals surface area contributed by atoms with E-state index in [0.29, 0.717) is 16.6 Å². The molecule has 0 bridgehead atoms. The van der Waals surface area contributed by atoms with E-state index in [0.717, 1.165) is 9.77 Å². The van der Waals surface area contributed by atoms with Crippen LogP contribution in [0.15, 0.2) is 28.6 Å². The maximum absolute atomic E-state index is 10.8. The number of thioether (sulfide) groups is 1. The number of anilines is 1. The Morgan fingerprint density at radius 1 is 1.58 bits per heavy atom. The van der Waals surface area contributed by atoms with Gasteiger partial charge in [-0.15, -0.1) is 11.8 Å². The minimum atomic E-state index is -0.418. The SMILES string of the molecule is COc1ccc([N+](=O)[O-])cc1CSc1cnc(N)s1. The molecule has 0 atom stereocenters. The fraction of sp³-hybridized carbons (Fsp3) is 0.182. The third-order valence-electron chi connectivity index (χ3n) is 2.35. The Labute approximate surface area is 117 Å². The number of nitrogens with zero attached hydrogens (tertiary/aromatic N) is 2. The lowest BCUT2D eigenvalue weighted by Crippen LogP contribution is -1.94. The summed E-state index contributed by atoms with van der Waals surface area (Å²) in [6.07, 6.45) is 1.69. The zero-order valence-electron chi connectivity index (χ0n) is 10.0. The molecule has 0 saturated carbocycles. The Balaban J connectivity index is 2.17. The first-order chi connectivity index (χ1) is 9.10. The second-order valence-corrected chi connectivity index (χ2v) is 5.90. The van der Waals surface area contributed by atoms with Crippen LogP contribution in [0.4, 0.5) is 10.8 Å². The second kappa shape index (κ2) is 5.89. The van der Waals surface area contributed by atoms with E-state index in [9.17, 15) is 10.1 Å². The van der Waals surface area contributed by atoms with Crippen molar-refractivity contribution in [2.24, 2.45) is 0 Å². The van der Waals surface area contributed by atoms with Crippen LogP contribution in [0.25, 0.3) is 0 Å². The summed E-state index contributed by atoms with van der Waals surface area (Å²) in [6.45, 7) is 0. The van der Waals surface area contributed by atoms with E-state index in [1.54, 1.807) is 19.4 Å². The molecule has 0 fully saturated rings. The van der Waals surface area contributed by atoms with E-state index in [4.69, 9.17) is 10.5 Å². The molecule has 0 spiro atoms. The number of ether oxygens (including phenoxy) is 1. The van der Waals surface area contributed by atoms with E-state index in [2.05, 4.69) is 4.98 Å². The molecule has 8 heteroatoms. The summed E-state index contributed by atoms with van der Waals surface area (Å²) < 4.78 is 6.16. The Bertz CT molecular complexity index is 601. The highest BCUT2D eigenvalue weighted by molar-refractivity contribution is 8.00. The van der Waals surface area contributed by atoms with Gasteiger partial charge in [-0.3, -0.25) is 10.1 Å². The van der Waals surface area contributed by atoms with Crippen molar-refractivity contribution in [3.8, 4) is 5.75 Å². The van der Waals surface area contributed by atoms with Crippen LogP contribution in [0, 0.1) is 10.1 Å². The number of methoxy groups -OCH3 is 1. The van der Waals surface area contributed by atoms with Gasteiger partial charge in [0, 0.05) is 23.4 Å². The average molecular weight is 297 g/mol. The first-order valence-electron chi connectivity index (χ1n) is 5.25. The Morgan fingerprint density at radius 2 is 2.37 bits per heavy atom. The van der Waals surface area contributed by atoms with E-state index < -0.39 is 4.92 Å². The van der Waals surface area contributed by atoms with Gasteiger partial charge in [-0.25, -0.2) is 4.98 Å². The predicted octanol–water partition coefficient (Wildman–Crippen LogP) is 2.93. The average Bonchev–Trinajstić information content (AvgIpc) is 2.81. The summed E-state index contributed by atoms with van der Waals surface area (Å²) in [5, 5.41) is 11.3. The fourth-order valence-electron chi connectivity index (χ4n) is 1.48. The summed E-state index contributed by atoms with van der Waals surface area (Å²) in [5.74, 6) is 1.20. The van der Waals surface area contributed by atoms with Crippen molar-refractivity contribution in [2.45, 2.75) is 9.96 Å². The molecule has 0 aliphatic heterocycles. The smallest absolute Gasteiger partial charge is 0.270 e. The van der Waals surface area contributed by atoms with Crippen LogP contribution < -0.4 is 10.5 Å². The third-order valence-corrected chi connectivity index (χ3v) is 4.42. The Kier molecular flexibility index (Phi) is 4.23. The van der Waals surface area contributed by atoms with Crippen molar-refractivity contribution in [2.75, 3.05) is 12.8 Å². The summed E-state index contributed by atoms with van der Waals surface area (Å²) in [4.78, 5) is 14.3. The Morgan fingerprint density at radius 3 is 2.95 bits per heavy atom. The topological polar surface area (TPSA) is 91.3 Å². The first-order valence-corrected chi connectivity index (χ1v) is 7.06. The molecule has 0 saturated heterocycles. The van der Waals surface area contributed by atoms with Crippen LogP contribution in [0.1, 0.15) is 5.56 Å². The summed E-state index contributed by atoms with van der Waals surface area (Å²) in [7, 11) is 1.54. The van der Waals surface area contributed by atoms with Crippen LogP contribution >= 0.6 is 23.1 Å². The number of nitro benzene ring substituents is 1. The van der Waals surface area contributed by atoms with Crippen LogP contribution in [0.2, 0.25) is 0 Å². The maximum atomic E-state index is 10.8. The molecule has 6 nitrogen and oxygen atoms in total. The lowest BCUT2D eigenvalue weighted by Gasteiger charge is -2.07. The lowest BCUT2D eigenvalue weighted by atomic mass is 10.2. The fourth-order valence-corrected chi connectivity index (χ4v) is 3.22. The van der Waals surface area contributed by atoms with Crippen molar-refractivity contribution >= 4 is 33.9 Å². The van der Waals surface area contributed by atoms with Crippen LogP contribution in [0.3, 0.4) is 0 Å². The zero-order chi connectivity index (χ0) is 13.8. The number of non-ortho nitro benzene ring substituents is 1. The molecule has 0 amide bonds. The van der Waals surface area contributed by atoms with Gasteiger partial charge in [-0.1, -0.05) is 11.3 Å². The number of nitro groups is 1.